The molecule has 0 spiro atoms. The van der Waals surface area contributed by atoms with Gasteiger partial charge in [-0.3, -0.25) is 4.79 Å². The lowest BCUT2D eigenvalue weighted by atomic mass is 9.97. The van der Waals surface area contributed by atoms with Crippen molar-refractivity contribution in [1.29, 1.82) is 0 Å². The Kier molecular flexibility index (Phi) is 4.63. The molecule has 2 fully saturated rings. The van der Waals surface area contributed by atoms with Gasteiger partial charge in [-0.15, -0.1) is 0 Å². The Hall–Kier alpha value is -1.30. The third-order valence-corrected chi connectivity index (χ3v) is 3.88. The summed E-state index contributed by atoms with van der Waals surface area (Å²) in [5, 5.41) is 8.96. The van der Waals surface area contributed by atoms with Crippen LogP contribution in [0.1, 0.15) is 25.7 Å². The molecule has 2 amide bonds. The van der Waals surface area contributed by atoms with Gasteiger partial charge < -0.3 is 19.6 Å². The van der Waals surface area contributed by atoms with Crippen LogP contribution in [-0.4, -0.2) is 66.3 Å². The average molecular weight is 270 g/mol. The number of amides is 2. The molecule has 6 nitrogen and oxygen atoms in total. The molecule has 1 saturated carbocycles. The second kappa shape index (κ2) is 6.23. The number of ether oxygens (including phenoxy) is 1. The summed E-state index contributed by atoms with van der Waals surface area (Å²) in [6.07, 6.45) is 3.26. The molecular weight excluding hydrogens is 248 g/mol. The van der Waals surface area contributed by atoms with Crippen LogP contribution in [-0.2, 0) is 9.53 Å². The molecule has 2 rings (SSSR count). The van der Waals surface area contributed by atoms with E-state index >= 15 is 0 Å². The number of urea groups is 1. The first-order valence-corrected chi connectivity index (χ1v) is 6.90. The number of piperidine rings is 1. The van der Waals surface area contributed by atoms with Crippen molar-refractivity contribution < 1.29 is 19.4 Å². The van der Waals surface area contributed by atoms with Crippen molar-refractivity contribution in [2.75, 3.05) is 33.4 Å². The van der Waals surface area contributed by atoms with Crippen molar-refractivity contribution in [1.82, 2.24) is 9.80 Å². The van der Waals surface area contributed by atoms with Crippen LogP contribution in [0.5, 0.6) is 0 Å². The van der Waals surface area contributed by atoms with Gasteiger partial charge in [0.25, 0.3) is 0 Å². The van der Waals surface area contributed by atoms with Gasteiger partial charge in [-0.25, -0.2) is 4.79 Å². The number of rotatable bonds is 5. The van der Waals surface area contributed by atoms with E-state index in [1.807, 2.05) is 4.90 Å². The van der Waals surface area contributed by atoms with Crippen LogP contribution in [0.15, 0.2) is 0 Å². The van der Waals surface area contributed by atoms with Crippen LogP contribution < -0.4 is 0 Å². The van der Waals surface area contributed by atoms with Crippen molar-refractivity contribution in [3.8, 4) is 0 Å². The first-order valence-electron chi connectivity index (χ1n) is 6.90. The Balaban J connectivity index is 1.86. The highest BCUT2D eigenvalue weighted by Crippen LogP contribution is 2.28. The van der Waals surface area contributed by atoms with Crippen molar-refractivity contribution >= 4 is 12.0 Å². The third kappa shape index (κ3) is 3.59. The quantitative estimate of drug-likeness (QED) is 0.809. The van der Waals surface area contributed by atoms with Crippen LogP contribution in [0.2, 0.25) is 0 Å². The van der Waals surface area contributed by atoms with Crippen LogP contribution >= 0.6 is 0 Å². The number of likely N-dealkylation sites (tertiary alicyclic amines) is 1. The van der Waals surface area contributed by atoms with Gasteiger partial charge >= 0.3 is 12.0 Å². The Morgan fingerprint density at radius 2 is 1.89 bits per heavy atom. The van der Waals surface area contributed by atoms with Gasteiger partial charge in [0.2, 0.25) is 0 Å². The number of carbonyl (C=O) groups is 2. The topological polar surface area (TPSA) is 70.1 Å². The monoisotopic (exact) mass is 270 g/mol. The van der Waals surface area contributed by atoms with Crippen LogP contribution in [0, 0.1) is 5.92 Å². The summed E-state index contributed by atoms with van der Waals surface area (Å²) in [4.78, 5) is 27.0. The fourth-order valence-electron chi connectivity index (χ4n) is 2.51. The first kappa shape index (κ1) is 14.1. The molecule has 0 atom stereocenters. The Labute approximate surface area is 113 Å². The standard InChI is InChI=1S/C13H22N2O4/c1-19-9-8-15(11-2-3-11)13(18)14-6-4-10(5-7-14)12(16)17/h10-11H,2-9H2,1H3,(H,16,17). The fourth-order valence-corrected chi connectivity index (χ4v) is 2.51. The van der Waals surface area contributed by atoms with Crippen molar-refractivity contribution in [2.45, 2.75) is 31.7 Å². The molecule has 6 heteroatoms. The predicted octanol–water partition coefficient (Wildman–Crippen LogP) is 1.01. The SMILES string of the molecule is COCCN(C(=O)N1CCC(C(=O)O)CC1)C1CC1. The Morgan fingerprint density at radius 1 is 1.26 bits per heavy atom. The number of hydrogen-bond acceptors (Lipinski definition) is 3. The van der Waals surface area contributed by atoms with E-state index in [0.29, 0.717) is 45.1 Å². The van der Waals surface area contributed by atoms with Crippen LogP contribution in [0.3, 0.4) is 0 Å². The summed E-state index contributed by atoms with van der Waals surface area (Å²) in [5.41, 5.74) is 0. The molecule has 19 heavy (non-hydrogen) atoms. The van der Waals surface area contributed by atoms with Crippen molar-refractivity contribution in [2.24, 2.45) is 5.92 Å². The predicted molar refractivity (Wildman–Crippen MR) is 68.9 cm³/mol. The highest BCUT2D eigenvalue weighted by Gasteiger charge is 2.36. The van der Waals surface area contributed by atoms with Gasteiger partial charge in [-0.05, 0) is 25.7 Å². The molecular formula is C13H22N2O4. The van der Waals surface area contributed by atoms with Gasteiger partial charge in [0.05, 0.1) is 12.5 Å². The molecule has 0 unspecified atom stereocenters. The van der Waals surface area contributed by atoms with E-state index in [0.717, 1.165) is 12.8 Å². The van der Waals surface area contributed by atoms with Crippen LogP contribution in [0.25, 0.3) is 0 Å². The van der Waals surface area contributed by atoms with E-state index in [1.165, 1.54) is 0 Å². The van der Waals surface area contributed by atoms with Gasteiger partial charge in [0.15, 0.2) is 0 Å². The van der Waals surface area contributed by atoms with E-state index in [2.05, 4.69) is 0 Å². The summed E-state index contributed by atoms with van der Waals surface area (Å²) in [6, 6.07) is 0.406. The fraction of sp³-hybridized carbons (Fsp3) is 0.846. The minimum atomic E-state index is -0.745. The van der Waals surface area contributed by atoms with Gasteiger partial charge in [-0.2, -0.15) is 0 Å². The van der Waals surface area contributed by atoms with E-state index in [-0.39, 0.29) is 11.9 Å². The first-order chi connectivity index (χ1) is 9.13. The van der Waals surface area contributed by atoms with E-state index in [1.54, 1.807) is 12.0 Å². The second-order valence-electron chi connectivity index (χ2n) is 5.30. The molecule has 1 aliphatic heterocycles. The van der Waals surface area contributed by atoms with E-state index in [9.17, 15) is 9.59 Å². The highest BCUT2D eigenvalue weighted by molar-refractivity contribution is 5.76. The number of nitrogens with zero attached hydrogens (tertiary/aromatic N) is 2. The maximum Gasteiger partial charge on any atom is 0.320 e. The summed E-state index contributed by atoms with van der Waals surface area (Å²) >= 11 is 0. The number of methoxy groups -OCH3 is 1. The number of carboxylic acid groups (broad SMARTS) is 1. The lowest BCUT2D eigenvalue weighted by molar-refractivity contribution is -0.143. The minimum Gasteiger partial charge on any atom is -0.481 e. The molecule has 0 radical (unpaired) electrons. The number of carboxylic acids is 1. The smallest absolute Gasteiger partial charge is 0.320 e. The van der Waals surface area contributed by atoms with E-state index in [4.69, 9.17) is 9.84 Å². The zero-order chi connectivity index (χ0) is 13.8. The molecule has 1 aliphatic carbocycles. The molecule has 0 aromatic carbocycles. The molecule has 0 aromatic heterocycles. The summed E-state index contributed by atoms with van der Waals surface area (Å²) < 4.78 is 5.05. The van der Waals surface area contributed by atoms with Gasteiger partial charge in [-0.1, -0.05) is 0 Å². The molecule has 1 N–H and O–H groups in total. The lowest BCUT2D eigenvalue weighted by Crippen LogP contribution is -2.49. The minimum absolute atomic E-state index is 0.0448. The zero-order valence-corrected chi connectivity index (χ0v) is 11.4. The summed E-state index contributed by atoms with van der Waals surface area (Å²) in [7, 11) is 1.63. The van der Waals surface area contributed by atoms with Gasteiger partial charge in [0, 0.05) is 32.8 Å². The molecule has 1 saturated heterocycles. The lowest BCUT2D eigenvalue weighted by Gasteiger charge is -2.34. The molecule has 1 heterocycles. The van der Waals surface area contributed by atoms with Crippen molar-refractivity contribution in [3.63, 3.8) is 0 Å². The molecule has 0 aromatic rings. The summed E-state index contributed by atoms with van der Waals surface area (Å²) in [6.45, 7) is 2.27. The Morgan fingerprint density at radius 3 is 2.37 bits per heavy atom. The van der Waals surface area contributed by atoms with Crippen molar-refractivity contribution in [3.05, 3.63) is 0 Å². The largest absolute Gasteiger partial charge is 0.481 e. The van der Waals surface area contributed by atoms with Gasteiger partial charge in [0.1, 0.15) is 0 Å². The third-order valence-electron chi connectivity index (χ3n) is 3.88. The average Bonchev–Trinajstić information content (AvgIpc) is 3.23. The highest BCUT2D eigenvalue weighted by atomic mass is 16.5. The number of aliphatic carboxylic acids is 1. The Bertz CT molecular complexity index is 336. The molecule has 108 valence electrons. The zero-order valence-electron chi connectivity index (χ0n) is 11.4. The summed E-state index contributed by atoms with van der Waals surface area (Å²) in [5.74, 6) is -1.04. The van der Waals surface area contributed by atoms with E-state index < -0.39 is 5.97 Å². The molecule has 2 aliphatic rings. The maximum absolute atomic E-state index is 12.4. The second-order valence-corrected chi connectivity index (χ2v) is 5.30. The maximum atomic E-state index is 12.4. The van der Waals surface area contributed by atoms with Crippen LogP contribution in [0.4, 0.5) is 4.79 Å². The number of carbonyl (C=O) groups excluding carboxylic acids is 1. The molecule has 0 bridgehead atoms. The normalized spacial score (nSPS) is 20.4. The number of hydrogen-bond donors (Lipinski definition) is 1.